The first-order chi connectivity index (χ1) is 10.6. The molecule has 1 heterocycles. The van der Waals surface area contributed by atoms with E-state index in [4.69, 9.17) is 0 Å². The monoisotopic (exact) mass is 298 g/mol. The number of benzene rings is 2. The van der Waals surface area contributed by atoms with Crippen molar-refractivity contribution in [2.24, 2.45) is 0 Å². The molecule has 1 N–H and O–H groups in total. The normalized spacial score (nSPS) is 15.7. The lowest BCUT2D eigenvalue weighted by atomic mass is 9.89. The van der Waals surface area contributed by atoms with Gasteiger partial charge in [-0.1, -0.05) is 24.3 Å². The third-order valence-corrected chi connectivity index (χ3v) is 4.28. The summed E-state index contributed by atoms with van der Waals surface area (Å²) in [5, 5.41) is 20.5. The first-order valence-electron chi connectivity index (χ1n) is 7.42. The summed E-state index contributed by atoms with van der Waals surface area (Å²) in [7, 11) is 0. The summed E-state index contributed by atoms with van der Waals surface area (Å²) in [6, 6.07) is 14.3. The van der Waals surface area contributed by atoms with Gasteiger partial charge in [0.15, 0.2) is 0 Å². The number of anilines is 1. The number of phenolic OH excluding ortho intramolecular Hbond substituents is 1. The van der Waals surface area contributed by atoms with Crippen molar-refractivity contribution in [1.82, 2.24) is 0 Å². The van der Waals surface area contributed by atoms with E-state index in [9.17, 15) is 15.2 Å². The van der Waals surface area contributed by atoms with Crippen LogP contribution in [0.3, 0.4) is 0 Å². The predicted molar refractivity (Wildman–Crippen MR) is 85.4 cm³/mol. The summed E-state index contributed by atoms with van der Waals surface area (Å²) >= 11 is 0. The predicted octanol–water partition coefficient (Wildman–Crippen LogP) is 3.68. The molecule has 1 aliphatic rings. The van der Waals surface area contributed by atoms with E-state index in [0.717, 1.165) is 25.9 Å². The molecule has 1 aliphatic heterocycles. The molecule has 5 heteroatoms. The molecule has 0 saturated carbocycles. The summed E-state index contributed by atoms with van der Waals surface area (Å²) in [6.45, 7) is 1.60. The number of nitro groups is 1. The molecule has 0 spiro atoms. The average Bonchev–Trinajstić information content (AvgIpc) is 2.56. The van der Waals surface area contributed by atoms with Gasteiger partial charge in [0.25, 0.3) is 5.69 Å². The topological polar surface area (TPSA) is 66.6 Å². The number of nitrogens with zero attached hydrogens (tertiary/aromatic N) is 2. The maximum absolute atomic E-state index is 11.1. The highest BCUT2D eigenvalue weighted by atomic mass is 16.6. The SMILES string of the molecule is O=[N+]([O-])c1ccccc1N1CCC(c2ccc(O)cc2)CC1. The molecule has 3 rings (SSSR count). The molecule has 114 valence electrons. The van der Waals surface area contributed by atoms with Crippen molar-refractivity contribution in [3.63, 3.8) is 0 Å². The molecule has 0 aromatic heterocycles. The van der Waals surface area contributed by atoms with E-state index in [1.54, 1.807) is 24.3 Å². The fraction of sp³-hybridized carbons (Fsp3) is 0.294. The quantitative estimate of drug-likeness (QED) is 0.693. The summed E-state index contributed by atoms with van der Waals surface area (Å²) in [4.78, 5) is 12.9. The number of para-hydroxylation sites is 2. The van der Waals surface area contributed by atoms with Gasteiger partial charge in [-0.25, -0.2) is 0 Å². The fourth-order valence-electron chi connectivity index (χ4n) is 3.09. The molecule has 0 bridgehead atoms. The number of hydrogen-bond donors (Lipinski definition) is 1. The number of phenols is 1. The van der Waals surface area contributed by atoms with Crippen LogP contribution in [0.2, 0.25) is 0 Å². The van der Waals surface area contributed by atoms with Crippen LogP contribution in [0.25, 0.3) is 0 Å². The van der Waals surface area contributed by atoms with Gasteiger partial charge in [-0.05, 0) is 42.5 Å². The van der Waals surface area contributed by atoms with Gasteiger partial charge < -0.3 is 10.0 Å². The molecule has 0 unspecified atom stereocenters. The Morgan fingerprint density at radius 3 is 2.32 bits per heavy atom. The Labute approximate surface area is 129 Å². The summed E-state index contributed by atoms with van der Waals surface area (Å²) < 4.78 is 0. The van der Waals surface area contributed by atoms with Gasteiger partial charge in [0, 0.05) is 19.2 Å². The standard InChI is InChI=1S/C17H18N2O3/c20-15-7-5-13(6-8-15)14-9-11-18(12-10-14)16-3-1-2-4-17(16)19(21)22/h1-8,14,20H,9-12H2. The van der Waals surface area contributed by atoms with E-state index in [1.165, 1.54) is 5.56 Å². The second-order valence-electron chi connectivity index (χ2n) is 5.60. The van der Waals surface area contributed by atoms with Crippen LogP contribution in [0.1, 0.15) is 24.3 Å². The van der Waals surface area contributed by atoms with Crippen LogP contribution >= 0.6 is 0 Å². The smallest absolute Gasteiger partial charge is 0.292 e. The second kappa shape index (κ2) is 6.05. The highest BCUT2D eigenvalue weighted by Crippen LogP contribution is 2.34. The zero-order valence-electron chi connectivity index (χ0n) is 12.2. The zero-order valence-corrected chi connectivity index (χ0v) is 12.2. The molecule has 0 aliphatic carbocycles. The van der Waals surface area contributed by atoms with Crippen molar-refractivity contribution in [3.8, 4) is 5.75 Å². The fourth-order valence-corrected chi connectivity index (χ4v) is 3.09. The van der Waals surface area contributed by atoms with Crippen molar-refractivity contribution in [2.45, 2.75) is 18.8 Å². The van der Waals surface area contributed by atoms with Crippen LogP contribution in [-0.4, -0.2) is 23.1 Å². The molecule has 2 aromatic carbocycles. The number of rotatable bonds is 3. The Kier molecular flexibility index (Phi) is 3.96. The second-order valence-corrected chi connectivity index (χ2v) is 5.60. The van der Waals surface area contributed by atoms with E-state index in [-0.39, 0.29) is 16.4 Å². The molecule has 0 atom stereocenters. The van der Waals surface area contributed by atoms with Gasteiger partial charge >= 0.3 is 0 Å². The van der Waals surface area contributed by atoms with Crippen molar-refractivity contribution < 1.29 is 10.0 Å². The van der Waals surface area contributed by atoms with Crippen molar-refractivity contribution in [2.75, 3.05) is 18.0 Å². The minimum absolute atomic E-state index is 0.172. The maximum Gasteiger partial charge on any atom is 0.292 e. The highest BCUT2D eigenvalue weighted by Gasteiger charge is 2.25. The molecule has 2 aromatic rings. The van der Waals surface area contributed by atoms with E-state index in [1.807, 2.05) is 24.3 Å². The molecular weight excluding hydrogens is 280 g/mol. The third-order valence-electron chi connectivity index (χ3n) is 4.28. The van der Waals surface area contributed by atoms with E-state index < -0.39 is 0 Å². The first-order valence-corrected chi connectivity index (χ1v) is 7.42. The molecule has 5 nitrogen and oxygen atoms in total. The van der Waals surface area contributed by atoms with Crippen LogP contribution in [0.4, 0.5) is 11.4 Å². The van der Waals surface area contributed by atoms with Gasteiger partial charge in [-0.3, -0.25) is 10.1 Å². The summed E-state index contributed by atoms with van der Waals surface area (Å²) in [5.41, 5.74) is 2.10. The van der Waals surface area contributed by atoms with Crippen LogP contribution in [0.15, 0.2) is 48.5 Å². The lowest BCUT2D eigenvalue weighted by molar-refractivity contribution is -0.384. The average molecular weight is 298 g/mol. The number of nitro benzene ring substituents is 1. The number of aromatic hydroxyl groups is 1. The van der Waals surface area contributed by atoms with Gasteiger partial charge in [0.05, 0.1) is 4.92 Å². The zero-order chi connectivity index (χ0) is 15.5. The van der Waals surface area contributed by atoms with Crippen molar-refractivity contribution in [3.05, 3.63) is 64.2 Å². The van der Waals surface area contributed by atoms with Crippen LogP contribution < -0.4 is 4.90 Å². The summed E-state index contributed by atoms with van der Waals surface area (Å²) in [6.07, 6.45) is 1.91. The van der Waals surface area contributed by atoms with Crippen LogP contribution in [-0.2, 0) is 0 Å². The van der Waals surface area contributed by atoms with Gasteiger partial charge in [0.1, 0.15) is 11.4 Å². The summed E-state index contributed by atoms with van der Waals surface area (Å²) in [5.74, 6) is 0.723. The van der Waals surface area contributed by atoms with Crippen LogP contribution in [0, 0.1) is 10.1 Å². The lowest BCUT2D eigenvalue weighted by Crippen LogP contribution is -2.33. The van der Waals surface area contributed by atoms with Crippen LogP contribution in [0.5, 0.6) is 5.75 Å². The Morgan fingerprint density at radius 1 is 1.05 bits per heavy atom. The van der Waals surface area contributed by atoms with Crippen molar-refractivity contribution >= 4 is 11.4 Å². The van der Waals surface area contributed by atoms with Gasteiger partial charge in [-0.15, -0.1) is 0 Å². The van der Waals surface area contributed by atoms with E-state index >= 15 is 0 Å². The Hall–Kier alpha value is -2.56. The number of hydrogen-bond acceptors (Lipinski definition) is 4. The Bertz CT molecular complexity index is 662. The van der Waals surface area contributed by atoms with Gasteiger partial charge in [0.2, 0.25) is 0 Å². The third kappa shape index (κ3) is 2.88. The lowest BCUT2D eigenvalue weighted by Gasteiger charge is -2.33. The Morgan fingerprint density at radius 2 is 1.68 bits per heavy atom. The molecule has 1 fully saturated rings. The minimum Gasteiger partial charge on any atom is -0.508 e. The first kappa shape index (κ1) is 14.4. The number of piperidine rings is 1. The maximum atomic E-state index is 11.1. The largest absolute Gasteiger partial charge is 0.508 e. The Balaban J connectivity index is 1.72. The minimum atomic E-state index is -0.318. The highest BCUT2D eigenvalue weighted by molar-refractivity contribution is 5.63. The molecule has 0 radical (unpaired) electrons. The van der Waals surface area contributed by atoms with E-state index in [0.29, 0.717) is 11.6 Å². The molecule has 22 heavy (non-hydrogen) atoms. The molecule has 0 amide bonds. The molecular formula is C17H18N2O3. The van der Waals surface area contributed by atoms with Gasteiger partial charge in [-0.2, -0.15) is 0 Å². The molecule has 1 saturated heterocycles. The van der Waals surface area contributed by atoms with E-state index in [2.05, 4.69) is 4.90 Å². The van der Waals surface area contributed by atoms with Crippen molar-refractivity contribution in [1.29, 1.82) is 0 Å².